The van der Waals surface area contributed by atoms with Crippen molar-refractivity contribution in [1.29, 1.82) is 0 Å². The third kappa shape index (κ3) is 4.26. The highest BCUT2D eigenvalue weighted by atomic mass is 16.5. The number of rotatable bonds is 4. The first kappa shape index (κ1) is 14.4. The number of carbonyl (C=O) groups is 1. The summed E-state index contributed by atoms with van der Waals surface area (Å²) in [6, 6.07) is 9.19. The Kier molecular flexibility index (Phi) is 4.98. The lowest BCUT2D eigenvalue weighted by atomic mass is 9.82. The molecule has 1 fully saturated rings. The molecule has 0 bridgehead atoms. The quantitative estimate of drug-likeness (QED) is 0.378. The van der Waals surface area contributed by atoms with Gasteiger partial charge in [0.15, 0.2) is 5.96 Å². The molecule has 0 radical (unpaired) electrons. The van der Waals surface area contributed by atoms with E-state index in [0.717, 1.165) is 25.7 Å². The van der Waals surface area contributed by atoms with E-state index in [1.165, 1.54) is 0 Å². The van der Waals surface area contributed by atoms with Gasteiger partial charge in [0, 0.05) is 6.54 Å². The van der Waals surface area contributed by atoms with Crippen LogP contribution in [0.4, 0.5) is 0 Å². The maximum atomic E-state index is 12.1. The highest BCUT2D eigenvalue weighted by Crippen LogP contribution is 2.30. The second-order valence-electron chi connectivity index (χ2n) is 5.22. The number of nitrogens with two attached hydrogens (primary N) is 2. The van der Waals surface area contributed by atoms with E-state index in [-0.39, 0.29) is 17.8 Å². The first-order chi connectivity index (χ1) is 9.65. The van der Waals surface area contributed by atoms with Crippen LogP contribution in [0.2, 0.25) is 0 Å². The topological polar surface area (TPSA) is 90.7 Å². The highest BCUT2D eigenvalue weighted by Gasteiger charge is 2.27. The van der Waals surface area contributed by atoms with E-state index in [9.17, 15) is 4.79 Å². The van der Waals surface area contributed by atoms with E-state index in [4.69, 9.17) is 16.2 Å². The highest BCUT2D eigenvalue weighted by molar-refractivity contribution is 5.76. The van der Waals surface area contributed by atoms with Gasteiger partial charge in [0.05, 0.1) is 5.92 Å². The molecule has 5 nitrogen and oxygen atoms in total. The fourth-order valence-corrected chi connectivity index (χ4v) is 2.50. The van der Waals surface area contributed by atoms with E-state index >= 15 is 0 Å². The average molecular weight is 275 g/mol. The van der Waals surface area contributed by atoms with Crippen LogP contribution in [0, 0.1) is 11.8 Å². The van der Waals surface area contributed by atoms with Crippen LogP contribution in [0.15, 0.2) is 35.3 Å². The molecule has 0 aromatic heterocycles. The smallest absolute Gasteiger partial charge is 0.314 e. The van der Waals surface area contributed by atoms with E-state index < -0.39 is 0 Å². The van der Waals surface area contributed by atoms with Gasteiger partial charge in [0.1, 0.15) is 5.75 Å². The van der Waals surface area contributed by atoms with Gasteiger partial charge in [-0.3, -0.25) is 9.79 Å². The largest absolute Gasteiger partial charge is 0.426 e. The van der Waals surface area contributed by atoms with Crippen molar-refractivity contribution in [2.45, 2.75) is 25.7 Å². The Labute approximate surface area is 119 Å². The van der Waals surface area contributed by atoms with Crippen LogP contribution in [-0.4, -0.2) is 18.5 Å². The molecule has 0 unspecified atom stereocenters. The number of hydrogen-bond acceptors (Lipinski definition) is 3. The Bertz CT molecular complexity index is 461. The number of carbonyl (C=O) groups excluding carboxylic acids is 1. The molecule has 2 rings (SSSR count). The summed E-state index contributed by atoms with van der Waals surface area (Å²) in [5.41, 5.74) is 10.6. The SMILES string of the molecule is NC(N)=NCC1CCC(C(=O)Oc2ccccc2)CC1. The molecule has 0 spiro atoms. The first-order valence-corrected chi connectivity index (χ1v) is 6.97. The molecule has 1 aliphatic rings. The zero-order chi connectivity index (χ0) is 14.4. The Morgan fingerprint density at radius 2 is 1.80 bits per heavy atom. The Morgan fingerprint density at radius 1 is 1.15 bits per heavy atom. The summed E-state index contributed by atoms with van der Waals surface area (Å²) in [7, 11) is 0. The molecular weight excluding hydrogens is 254 g/mol. The van der Waals surface area contributed by atoms with Crippen LogP contribution in [0.5, 0.6) is 5.75 Å². The number of benzene rings is 1. The van der Waals surface area contributed by atoms with E-state index in [1.54, 1.807) is 12.1 Å². The minimum absolute atomic E-state index is 0.00865. The molecule has 1 aromatic carbocycles. The molecule has 0 heterocycles. The van der Waals surface area contributed by atoms with Crippen molar-refractivity contribution in [2.75, 3.05) is 6.54 Å². The van der Waals surface area contributed by atoms with Gasteiger partial charge in [-0.1, -0.05) is 18.2 Å². The number of aliphatic imine (C=N–C) groups is 1. The summed E-state index contributed by atoms with van der Waals surface area (Å²) in [6.45, 7) is 0.656. The molecule has 0 aliphatic heterocycles. The molecule has 1 aliphatic carbocycles. The van der Waals surface area contributed by atoms with Gasteiger partial charge >= 0.3 is 5.97 Å². The summed E-state index contributed by atoms with van der Waals surface area (Å²) in [5, 5.41) is 0. The van der Waals surface area contributed by atoms with Crippen LogP contribution in [0.3, 0.4) is 0 Å². The van der Waals surface area contributed by atoms with Crippen LogP contribution in [0.25, 0.3) is 0 Å². The molecule has 0 atom stereocenters. The molecular formula is C15H21N3O2. The van der Waals surface area contributed by atoms with Crippen molar-refractivity contribution < 1.29 is 9.53 Å². The van der Waals surface area contributed by atoms with Gasteiger partial charge in [-0.25, -0.2) is 0 Å². The van der Waals surface area contributed by atoms with E-state index in [1.807, 2.05) is 18.2 Å². The van der Waals surface area contributed by atoms with E-state index in [0.29, 0.717) is 18.2 Å². The van der Waals surface area contributed by atoms with Crippen LogP contribution >= 0.6 is 0 Å². The normalized spacial score (nSPS) is 22.0. The minimum Gasteiger partial charge on any atom is -0.426 e. The van der Waals surface area contributed by atoms with Crippen molar-refractivity contribution in [2.24, 2.45) is 28.3 Å². The zero-order valence-electron chi connectivity index (χ0n) is 11.5. The maximum absolute atomic E-state index is 12.1. The third-order valence-electron chi connectivity index (χ3n) is 3.67. The maximum Gasteiger partial charge on any atom is 0.314 e. The number of para-hydroxylation sites is 1. The van der Waals surface area contributed by atoms with E-state index in [2.05, 4.69) is 4.99 Å². The Balaban J connectivity index is 1.79. The Hall–Kier alpha value is -2.04. The van der Waals surface area contributed by atoms with Crippen LogP contribution < -0.4 is 16.2 Å². The van der Waals surface area contributed by atoms with Gasteiger partial charge in [-0.15, -0.1) is 0 Å². The fourth-order valence-electron chi connectivity index (χ4n) is 2.50. The van der Waals surface area contributed by atoms with Crippen molar-refractivity contribution in [3.8, 4) is 5.75 Å². The Morgan fingerprint density at radius 3 is 2.40 bits per heavy atom. The van der Waals surface area contributed by atoms with Gasteiger partial charge in [0.25, 0.3) is 0 Å². The molecule has 1 saturated carbocycles. The van der Waals surface area contributed by atoms with Gasteiger partial charge in [0.2, 0.25) is 0 Å². The summed E-state index contributed by atoms with van der Waals surface area (Å²) in [6.07, 6.45) is 3.61. The van der Waals surface area contributed by atoms with Crippen molar-refractivity contribution in [1.82, 2.24) is 0 Å². The molecule has 108 valence electrons. The molecule has 0 saturated heterocycles. The van der Waals surface area contributed by atoms with Crippen molar-refractivity contribution in [3.05, 3.63) is 30.3 Å². The number of guanidine groups is 1. The number of nitrogens with zero attached hydrogens (tertiary/aromatic N) is 1. The van der Waals surface area contributed by atoms with Gasteiger partial charge in [-0.2, -0.15) is 0 Å². The second kappa shape index (κ2) is 6.93. The number of ether oxygens (including phenoxy) is 1. The van der Waals surface area contributed by atoms with Crippen molar-refractivity contribution >= 4 is 11.9 Å². The monoisotopic (exact) mass is 275 g/mol. The second-order valence-corrected chi connectivity index (χ2v) is 5.22. The van der Waals surface area contributed by atoms with Crippen LogP contribution in [0.1, 0.15) is 25.7 Å². The number of hydrogen-bond donors (Lipinski definition) is 2. The lowest BCUT2D eigenvalue weighted by molar-refractivity contribution is -0.140. The lowest BCUT2D eigenvalue weighted by Crippen LogP contribution is -2.28. The number of esters is 1. The third-order valence-corrected chi connectivity index (χ3v) is 3.67. The molecule has 5 heteroatoms. The molecule has 0 amide bonds. The average Bonchev–Trinajstić information content (AvgIpc) is 2.46. The van der Waals surface area contributed by atoms with Crippen LogP contribution in [-0.2, 0) is 4.79 Å². The predicted molar refractivity (Wildman–Crippen MR) is 78.2 cm³/mol. The summed E-state index contributed by atoms with van der Waals surface area (Å²) in [4.78, 5) is 16.1. The lowest BCUT2D eigenvalue weighted by Gasteiger charge is -2.26. The molecule has 1 aromatic rings. The van der Waals surface area contributed by atoms with Gasteiger partial charge in [-0.05, 0) is 43.7 Å². The standard InChI is InChI=1S/C15H21N3O2/c16-15(17)18-10-11-6-8-12(9-7-11)14(19)20-13-4-2-1-3-5-13/h1-5,11-12H,6-10H2,(H4,16,17,18). The van der Waals surface area contributed by atoms with Crippen molar-refractivity contribution in [3.63, 3.8) is 0 Å². The first-order valence-electron chi connectivity index (χ1n) is 6.97. The predicted octanol–water partition coefficient (Wildman–Crippen LogP) is 1.67. The van der Waals surface area contributed by atoms with Gasteiger partial charge < -0.3 is 16.2 Å². The molecule has 20 heavy (non-hydrogen) atoms. The summed E-state index contributed by atoms with van der Waals surface area (Å²) >= 11 is 0. The minimum atomic E-state index is -0.128. The fraction of sp³-hybridized carbons (Fsp3) is 0.467. The molecule has 4 N–H and O–H groups in total. The zero-order valence-corrected chi connectivity index (χ0v) is 11.5. The summed E-state index contributed by atoms with van der Waals surface area (Å²) < 4.78 is 5.38. The summed E-state index contributed by atoms with van der Waals surface area (Å²) in [5.74, 6) is 1.08.